The number of thioether (sulfide) groups is 1. The number of halogens is 1. The zero-order valence-corrected chi connectivity index (χ0v) is 15.1. The Hall–Kier alpha value is -1.24. The molecule has 2 rings (SSSR count). The van der Waals surface area contributed by atoms with E-state index in [1.807, 2.05) is 19.2 Å². The van der Waals surface area contributed by atoms with Crippen molar-refractivity contribution in [3.05, 3.63) is 29.3 Å². The SMILES string of the molecule is CSCC[C@H](N)C(=O)Nc1cc(C(=O)NC2CC2)ccc1C.Cl. The fourth-order valence-electron chi connectivity index (χ4n) is 2.00. The van der Waals surface area contributed by atoms with Crippen molar-refractivity contribution < 1.29 is 9.59 Å². The molecule has 1 aromatic rings. The molecule has 1 aliphatic rings. The molecule has 0 heterocycles. The first-order chi connectivity index (χ1) is 10.5. The predicted molar refractivity (Wildman–Crippen MR) is 98.5 cm³/mol. The molecule has 23 heavy (non-hydrogen) atoms. The third-order valence-corrected chi connectivity index (χ3v) is 4.28. The van der Waals surface area contributed by atoms with Crippen LogP contribution in [0.25, 0.3) is 0 Å². The quantitative estimate of drug-likeness (QED) is 0.699. The summed E-state index contributed by atoms with van der Waals surface area (Å²) >= 11 is 1.66. The zero-order chi connectivity index (χ0) is 16.1. The molecule has 1 saturated carbocycles. The van der Waals surface area contributed by atoms with Crippen LogP contribution in [0.2, 0.25) is 0 Å². The predicted octanol–water partition coefficient (Wildman–Crippen LogP) is 2.33. The molecule has 0 aliphatic heterocycles. The molecule has 0 unspecified atom stereocenters. The number of amides is 2. The summed E-state index contributed by atoms with van der Waals surface area (Å²) in [6, 6.07) is 5.11. The van der Waals surface area contributed by atoms with E-state index in [0.717, 1.165) is 24.2 Å². The molecule has 4 N–H and O–H groups in total. The minimum atomic E-state index is -0.532. The molecule has 5 nitrogen and oxygen atoms in total. The van der Waals surface area contributed by atoms with E-state index in [4.69, 9.17) is 5.73 Å². The van der Waals surface area contributed by atoms with Crippen molar-refractivity contribution in [2.24, 2.45) is 5.73 Å². The van der Waals surface area contributed by atoms with Gasteiger partial charge in [-0.2, -0.15) is 11.8 Å². The Bertz CT molecular complexity index is 564. The molecule has 0 radical (unpaired) electrons. The number of hydrogen-bond acceptors (Lipinski definition) is 4. The third-order valence-electron chi connectivity index (χ3n) is 3.64. The number of rotatable bonds is 7. The van der Waals surface area contributed by atoms with E-state index >= 15 is 0 Å². The molecule has 0 aromatic heterocycles. The molecule has 0 spiro atoms. The van der Waals surface area contributed by atoms with Crippen LogP contribution in [0, 0.1) is 6.92 Å². The van der Waals surface area contributed by atoms with E-state index in [1.54, 1.807) is 23.9 Å². The summed E-state index contributed by atoms with van der Waals surface area (Å²) in [6.45, 7) is 1.89. The summed E-state index contributed by atoms with van der Waals surface area (Å²) in [5, 5.41) is 5.77. The van der Waals surface area contributed by atoms with Crippen LogP contribution in [-0.2, 0) is 4.79 Å². The number of hydrogen-bond donors (Lipinski definition) is 3. The lowest BCUT2D eigenvalue weighted by molar-refractivity contribution is -0.117. The average molecular weight is 358 g/mol. The summed E-state index contributed by atoms with van der Waals surface area (Å²) in [6.07, 6.45) is 4.71. The van der Waals surface area contributed by atoms with Crippen molar-refractivity contribution >= 4 is 41.7 Å². The van der Waals surface area contributed by atoms with Crippen molar-refractivity contribution in [3.63, 3.8) is 0 Å². The van der Waals surface area contributed by atoms with Crippen LogP contribution >= 0.6 is 24.2 Å². The zero-order valence-electron chi connectivity index (χ0n) is 13.4. The van der Waals surface area contributed by atoms with Gasteiger partial charge in [-0.1, -0.05) is 6.07 Å². The Morgan fingerprint density at radius 2 is 2.09 bits per heavy atom. The standard InChI is InChI=1S/C16H23N3O2S.ClH/c1-10-3-4-11(15(20)18-12-5-6-12)9-14(10)19-16(21)13(17)7-8-22-2;/h3-4,9,12-13H,5-8,17H2,1-2H3,(H,18,20)(H,19,21);1H/t13-;/m0./s1. The molecule has 0 saturated heterocycles. The van der Waals surface area contributed by atoms with E-state index in [2.05, 4.69) is 10.6 Å². The highest BCUT2D eigenvalue weighted by Crippen LogP contribution is 2.21. The highest BCUT2D eigenvalue weighted by atomic mass is 35.5. The third kappa shape index (κ3) is 6.05. The van der Waals surface area contributed by atoms with Gasteiger partial charge in [-0.15, -0.1) is 12.4 Å². The molecule has 1 atom stereocenters. The van der Waals surface area contributed by atoms with E-state index in [9.17, 15) is 9.59 Å². The van der Waals surface area contributed by atoms with E-state index in [1.165, 1.54) is 0 Å². The molecule has 1 fully saturated rings. The molecule has 1 aliphatic carbocycles. The fraction of sp³-hybridized carbons (Fsp3) is 0.500. The van der Waals surface area contributed by atoms with Gasteiger partial charge >= 0.3 is 0 Å². The van der Waals surface area contributed by atoms with E-state index < -0.39 is 6.04 Å². The second-order valence-corrected chi connectivity index (χ2v) is 6.64. The van der Waals surface area contributed by atoms with Gasteiger partial charge in [-0.25, -0.2) is 0 Å². The van der Waals surface area contributed by atoms with Crippen LogP contribution < -0.4 is 16.4 Å². The van der Waals surface area contributed by atoms with Crippen LogP contribution in [-0.4, -0.2) is 35.9 Å². The maximum Gasteiger partial charge on any atom is 0.251 e. The Morgan fingerprint density at radius 1 is 1.39 bits per heavy atom. The number of nitrogens with one attached hydrogen (secondary N) is 2. The van der Waals surface area contributed by atoms with E-state index in [-0.39, 0.29) is 24.2 Å². The molecule has 0 bridgehead atoms. The van der Waals surface area contributed by atoms with Gasteiger partial charge in [-0.05, 0) is 55.9 Å². The second-order valence-electron chi connectivity index (χ2n) is 5.65. The van der Waals surface area contributed by atoms with Gasteiger partial charge < -0.3 is 16.4 Å². The number of anilines is 1. The molecule has 7 heteroatoms. The largest absolute Gasteiger partial charge is 0.349 e. The monoisotopic (exact) mass is 357 g/mol. The Kier molecular flexibility index (Phi) is 7.88. The Morgan fingerprint density at radius 3 is 2.70 bits per heavy atom. The number of nitrogens with two attached hydrogens (primary N) is 1. The van der Waals surface area contributed by atoms with Gasteiger partial charge in [0.1, 0.15) is 0 Å². The van der Waals surface area contributed by atoms with Gasteiger partial charge in [-0.3, -0.25) is 9.59 Å². The van der Waals surface area contributed by atoms with Crippen molar-refractivity contribution in [1.29, 1.82) is 0 Å². The van der Waals surface area contributed by atoms with Crippen LogP contribution in [0.15, 0.2) is 18.2 Å². The van der Waals surface area contributed by atoms with Crippen LogP contribution in [0.1, 0.15) is 35.2 Å². The normalized spacial score (nSPS) is 14.6. The molecule has 2 amide bonds. The molecule has 1 aromatic carbocycles. The Balaban J connectivity index is 0.00000264. The van der Waals surface area contributed by atoms with Crippen molar-refractivity contribution in [1.82, 2.24) is 5.32 Å². The maximum absolute atomic E-state index is 12.1. The maximum atomic E-state index is 12.1. The van der Waals surface area contributed by atoms with Crippen LogP contribution in [0.5, 0.6) is 0 Å². The minimum absolute atomic E-state index is 0. The van der Waals surface area contributed by atoms with E-state index in [0.29, 0.717) is 23.7 Å². The first kappa shape index (κ1) is 19.8. The first-order valence-electron chi connectivity index (χ1n) is 7.48. The average Bonchev–Trinajstić information content (AvgIpc) is 3.30. The molecular weight excluding hydrogens is 334 g/mol. The Labute approximate surface area is 147 Å². The molecule has 128 valence electrons. The highest BCUT2D eigenvalue weighted by molar-refractivity contribution is 7.98. The fourth-order valence-corrected chi connectivity index (χ4v) is 2.49. The highest BCUT2D eigenvalue weighted by Gasteiger charge is 2.24. The van der Waals surface area contributed by atoms with Gasteiger partial charge in [0.2, 0.25) is 5.91 Å². The van der Waals surface area contributed by atoms with Gasteiger partial charge in [0.25, 0.3) is 5.91 Å². The summed E-state index contributed by atoms with van der Waals surface area (Å²) in [7, 11) is 0. The van der Waals surface area contributed by atoms with Crippen LogP contribution in [0.3, 0.4) is 0 Å². The number of carbonyl (C=O) groups is 2. The van der Waals surface area contributed by atoms with Crippen molar-refractivity contribution in [2.45, 2.75) is 38.3 Å². The smallest absolute Gasteiger partial charge is 0.251 e. The number of aryl methyl sites for hydroxylation is 1. The summed E-state index contributed by atoms with van der Waals surface area (Å²) in [4.78, 5) is 24.2. The lowest BCUT2D eigenvalue weighted by Gasteiger charge is -2.14. The van der Waals surface area contributed by atoms with Gasteiger partial charge in [0, 0.05) is 17.3 Å². The summed E-state index contributed by atoms with van der Waals surface area (Å²) < 4.78 is 0. The lowest BCUT2D eigenvalue weighted by atomic mass is 10.1. The topological polar surface area (TPSA) is 84.2 Å². The first-order valence-corrected chi connectivity index (χ1v) is 8.87. The van der Waals surface area contributed by atoms with Crippen molar-refractivity contribution in [3.8, 4) is 0 Å². The van der Waals surface area contributed by atoms with Crippen molar-refractivity contribution in [2.75, 3.05) is 17.3 Å². The number of benzene rings is 1. The van der Waals surface area contributed by atoms with Crippen LogP contribution in [0.4, 0.5) is 5.69 Å². The summed E-state index contributed by atoms with van der Waals surface area (Å²) in [5.74, 6) is 0.541. The second kappa shape index (κ2) is 9.15. The van der Waals surface area contributed by atoms with Gasteiger partial charge in [0.05, 0.1) is 6.04 Å². The van der Waals surface area contributed by atoms with Gasteiger partial charge in [0.15, 0.2) is 0 Å². The minimum Gasteiger partial charge on any atom is -0.349 e. The summed E-state index contributed by atoms with van der Waals surface area (Å²) in [5.41, 5.74) is 7.99. The lowest BCUT2D eigenvalue weighted by Crippen LogP contribution is -2.36. The number of carbonyl (C=O) groups excluding carboxylic acids is 2. The molecular formula is C16H24ClN3O2S.